The predicted octanol–water partition coefficient (Wildman–Crippen LogP) is -0.643. The van der Waals surface area contributed by atoms with Gasteiger partial charge in [-0.3, -0.25) is 4.79 Å². The molecule has 0 spiro atoms. The Hall–Kier alpha value is -0.610. The zero-order valence-corrected chi connectivity index (χ0v) is 6.37. The van der Waals surface area contributed by atoms with Crippen LogP contribution in [-0.2, 0) is 14.3 Å². The topological polar surface area (TPSA) is 61.5 Å². The predicted molar refractivity (Wildman–Crippen MR) is 37.6 cm³/mol. The molecule has 4 heteroatoms. The van der Waals surface area contributed by atoms with Gasteiger partial charge in [0.15, 0.2) is 0 Å². The Morgan fingerprint density at radius 3 is 2.91 bits per heavy atom. The maximum absolute atomic E-state index is 10.5. The fraction of sp³-hybridized carbons (Fsp3) is 0.714. The molecule has 1 amide bonds. The highest BCUT2D eigenvalue weighted by Crippen LogP contribution is 2.13. The normalized spacial score (nSPS) is 31.7. The van der Waals surface area contributed by atoms with Crippen LogP contribution in [0, 0.1) is 6.42 Å². The van der Waals surface area contributed by atoms with Gasteiger partial charge in [0.1, 0.15) is 6.10 Å². The minimum atomic E-state index is -0.651. The lowest BCUT2D eigenvalue weighted by molar-refractivity contribution is -0.133. The van der Waals surface area contributed by atoms with E-state index < -0.39 is 12.0 Å². The van der Waals surface area contributed by atoms with Gasteiger partial charge in [0.25, 0.3) is 0 Å². The van der Waals surface area contributed by atoms with Crippen molar-refractivity contribution in [1.29, 1.82) is 0 Å². The third-order valence-corrected chi connectivity index (χ3v) is 1.57. The van der Waals surface area contributed by atoms with Gasteiger partial charge in [-0.05, 0) is 6.42 Å². The largest absolute Gasteiger partial charge is 0.379 e. The Labute approximate surface area is 65.7 Å². The third kappa shape index (κ3) is 2.17. The van der Waals surface area contributed by atoms with Crippen molar-refractivity contribution in [2.45, 2.75) is 18.6 Å². The van der Waals surface area contributed by atoms with Gasteiger partial charge in [0.05, 0.1) is 12.7 Å². The van der Waals surface area contributed by atoms with Crippen LogP contribution in [0.5, 0.6) is 0 Å². The Kier molecular flexibility index (Phi) is 2.84. The Bertz CT molecular complexity index is 141. The number of amides is 1. The van der Waals surface area contributed by atoms with Crippen molar-refractivity contribution in [3.63, 3.8) is 0 Å². The van der Waals surface area contributed by atoms with Crippen LogP contribution < -0.4 is 5.73 Å². The number of carbonyl (C=O) groups excluding carboxylic acids is 1. The van der Waals surface area contributed by atoms with E-state index in [-0.39, 0.29) is 6.10 Å². The zero-order valence-electron chi connectivity index (χ0n) is 6.37. The van der Waals surface area contributed by atoms with Gasteiger partial charge >= 0.3 is 0 Å². The number of hydrogen-bond acceptors (Lipinski definition) is 3. The van der Waals surface area contributed by atoms with Crippen LogP contribution in [0.2, 0.25) is 0 Å². The molecule has 1 rings (SSSR count). The maximum atomic E-state index is 10.5. The van der Waals surface area contributed by atoms with E-state index in [9.17, 15) is 4.79 Å². The van der Waals surface area contributed by atoms with E-state index in [0.717, 1.165) is 0 Å². The van der Waals surface area contributed by atoms with E-state index >= 15 is 0 Å². The second-order valence-corrected chi connectivity index (χ2v) is 2.38. The number of hydrogen-bond donors (Lipinski definition) is 1. The van der Waals surface area contributed by atoms with E-state index in [0.29, 0.717) is 13.0 Å². The summed E-state index contributed by atoms with van der Waals surface area (Å²) >= 11 is 0. The van der Waals surface area contributed by atoms with Crippen LogP contribution in [0.25, 0.3) is 0 Å². The summed E-state index contributed by atoms with van der Waals surface area (Å²) < 4.78 is 10.0. The van der Waals surface area contributed by atoms with Crippen molar-refractivity contribution in [2.24, 2.45) is 5.73 Å². The molecule has 62 valence electrons. The molecule has 11 heavy (non-hydrogen) atoms. The second kappa shape index (κ2) is 3.69. The molecule has 0 unspecified atom stereocenters. The van der Waals surface area contributed by atoms with Gasteiger partial charge in [0, 0.05) is 13.5 Å². The summed E-state index contributed by atoms with van der Waals surface area (Å²) in [5.74, 6) is -0.487. The van der Waals surface area contributed by atoms with Crippen LogP contribution in [0.15, 0.2) is 0 Å². The lowest BCUT2D eigenvalue weighted by Crippen LogP contribution is -2.39. The van der Waals surface area contributed by atoms with Crippen molar-refractivity contribution in [1.82, 2.24) is 0 Å². The summed E-state index contributed by atoms with van der Waals surface area (Å²) in [5, 5.41) is 0. The molecule has 2 N–H and O–H groups in total. The zero-order chi connectivity index (χ0) is 8.27. The van der Waals surface area contributed by atoms with Gasteiger partial charge in [-0.15, -0.1) is 0 Å². The van der Waals surface area contributed by atoms with Gasteiger partial charge < -0.3 is 15.2 Å². The average Bonchev–Trinajstić information content (AvgIpc) is 2.05. The highest BCUT2D eigenvalue weighted by molar-refractivity contribution is 5.80. The Morgan fingerprint density at radius 2 is 2.55 bits per heavy atom. The fourth-order valence-electron chi connectivity index (χ4n) is 0.894. The van der Waals surface area contributed by atoms with Crippen molar-refractivity contribution < 1.29 is 14.3 Å². The quantitative estimate of drug-likeness (QED) is 0.579. The van der Waals surface area contributed by atoms with E-state index in [1.54, 1.807) is 7.11 Å². The molecule has 2 radical (unpaired) electrons. The SMILES string of the molecule is CO[C@H]1C[C][C@H](C(N)=O)OC1. The summed E-state index contributed by atoms with van der Waals surface area (Å²) in [4.78, 5) is 10.5. The molecule has 0 aromatic rings. The summed E-state index contributed by atoms with van der Waals surface area (Å²) in [5.41, 5.74) is 4.99. The summed E-state index contributed by atoms with van der Waals surface area (Å²) in [6.45, 7) is 0.414. The Morgan fingerprint density at radius 1 is 1.82 bits per heavy atom. The van der Waals surface area contributed by atoms with Crippen molar-refractivity contribution >= 4 is 5.91 Å². The minimum absolute atomic E-state index is 0.0191. The molecule has 0 aromatic carbocycles. The average molecular weight is 157 g/mol. The Balaban J connectivity index is 2.30. The molecule has 1 heterocycles. The van der Waals surface area contributed by atoms with Crippen molar-refractivity contribution in [3.05, 3.63) is 6.42 Å². The molecule has 1 saturated heterocycles. The van der Waals surface area contributed by atoms with Crippen LogP contribution in [0.1, 0.15) is 6.42 Å². The molecular formula is C7H11NO3. The van der Waals surface area contributed by atoms with Crippen LogP contribution in [-0.4, -0.2) is 31.8 Å². The summed E-state index contributed by atoms with van der Waals surface area (Å²) in [6.07, 6.45) is 2.77. The monoisotopic (exact) mass is 157 g/mol. The maximum Gasteiger partial charge on any atom is 0.247 e. The van der Waals surface area contributed by atoms with E-state index in [4.69, 9.17) is 15.2 Å². The highest BCUT2D eigenvalue weighted by Gasteiger charge is 2.25. The molecule has 0 aromatic heterocycles. The number of nitrogens with two attached hydrogens (primary N) is 1. The summed E-state index contributed by atoms with van der Waals surface area (Å²) in [7, 11) is 1.60. The number of ether oxygens (including phenoxy) is 2. The van der Waals surface area contributed by atoms with E-state index in [2.05, 4.69) is 6.42 Å². The molecule has 1 aliphatic heterocycles. The second-order valence-electron chi connectivity index (χ2n) is 2.38. The molecular weight excluding hydrogens is 146 g/mol. The standard InChI is InChI=1S/C7H11NO3/c1-10-5-2-3-6(7(8)9)11-4-5/h5-6H,2,4H2,1H3,(H2,8,9)/t5-,6+/m0/s1. The van der Waals surface area contributed by atoms with Gasteiger partial charge in [-0.1, -0.05) is 0 Å². The van der Waals surface area contributed by atoms with Gasteiger partial charge in [-0.25, -0.2) is 0 Å². The molecule has 0 saturated carbocycles. The molecule has 1 fully saturated rings. The number of carbonyl (C=O) groups is 1. The van der Waals surface area contributed by atoms with Crippen LogP contribution >= 0.6 is 0 Å². The van der Waals surface area contributed by atoms with Gasteiger partial charge in [0.2, 0.25) is 5.91 Å². The number of methoxy groups -OCH3 is 1. The molecule has 0 bridgehead atoms. The first-order valence-electron chi connectivity index (χ1n) is 3.41. The smallest absolute Gasteiger partial charge is 0.247 e. The van der Waals surface area contributed by atoms with E-state index in [1.165, 1.54) is 0 Å². The van der Waals surface area contributed by atoms with Crippen LogP contribution in [0.4, 0.5) is 0 Å². The number of primary amides is 1. The van der Waals surface area contributed by atoms with Crippen molar-refractivity contribution in [2.75, 3.05) is 13.7 Å². The minimum Gasteiger partial charge on any atom is -0.379 e. The molecule has 1 aliphatic rings. The van der Waals surface area contributed by atoms with Crippen molar-refractivity contribution in [3.8, 4) is 0 Å². The summed E-state index contributed by atoms with van der Waals surface area (Å²) in [6, 6.07) is 0. The van der Waals surface area contributed by atoms with Crippen LogP contribution in [0.3, 0.4) is 0 Å². The molecule has 0 aliphatic carbocycles. The lowest BCUT2D eigenvalue weighted by Gasteiger charge is -2.25. The first kappa shape index (κ1) is 8.49. The molecule has 2 atom stereocenters. The third-order valence-electron chi connectivity index (χ3n) is 1.57. The van der Waals surface area contributed by atoms with Gasteiger partial charge in [-0.2, -0.15) is 0 Å². The number of rotatable bonds is 2. The first-order valence-corrected chi connectivity index (χ1v) is 3.41. The first-order chi connectivity index (χ1) is 5.24. The van der Waals surface area contributed by atoms with E-state index in [1.807, 2.05) is 0 Å². The lowest BCUT2D eigenvalue weighted by atomic mass is 10.1. The highest BCUT2D eigenvalue weighted by atomic mass is 16.5. The fourth-order valence-corrected chi connectivity index (χ4v) is 0.894. The molecule has 4 nitrogen and oxygen atoms in total.